The summed E-state index contributed by atoms with van der Waals surface area (Å²) in [5.74, 6) is 0.546. The third-order valence-corrected chi connectivity index (χ3v) is 5.61. The molecule has 0 saturated heterocycles. The molecule has 2 aliphatic carbocycles. The predicted octanol–water partition coefficient (Wildman–Crippen LogP) is 2.62. The number of ether oxygens (including phenoxy) is 2. The van der Waals surface area contributed by atoms with Crippen LogP contribution in [-0.2, 0) is 23.9 Å². The molecule has 0 aromatic rings. The van der Waals surface area contributed by atoms with E-state index in [2.05, 4.69) is 13.8 Å². The molecule has 0 heterocycles. The van der Waals surface area contributed by atoms with Crippen molar-refractivity contribution in [3.05, 3.63) is 0 Å². The molecule has 0 N–H and O–H groups in total. The maximum atomic E-state index is 12.9. The maximum absolute atomic E-state index is 12.9. The second kappa shape index (κ2) is 7.45. The minimum absolute atomic E-state index is 0.0542. The second-order valence-electron chi connectivity index (χ2n) is 7.12. The Hall–Kier alpha value is -1.39. The van der Waals surface area contributed by atoms with Crippen molar-refractivity contribution in [1.29, 1.82) is 0 Å². The van der Waals surface area contributed by atoms with Crippen LogP contribution >= 0.6 is 0 Å². The summed E-state index contributed by atoms with van der Waals surface area (Å²) in [6, 6.07) is 0. The fourth-order valence-corrected chi connectivity index (χ4v) is 4.77. The minimum atomic E-state index is -0.311. The van der Waals surface area contributed by atoms with E-state index >= 15 is 0 Å². The van der Waals surface area contributed by atoms with E-state index in [1.807, 2.05) is 0 Å². The van der Waals surface area contributed by atoms with Gasteiger partial charge in [0.05, 0.1) is 13.2 Å². The molecule has 0 spiro atoms. The van der Waals surface area contributed by atoms with Crippen LogP contribution in [0.1, 0.15) is 47.0 Å². The number of Topliss-reactive ketones (excluding diaryl/α,β-unsaturated/α-hetero) is 1. The van der Waals surface area contributed by atoms with Gasteiger partial charge in [-0.15, -0.1) is 0 Å². The Kier molecular flexibility index (Phi) is 5.82. The quantitative estimate of drug-likeness (QED) is 0.702. The van der Waals surface area contributed by atoms with Crippen LogP contribution < -0.4 is 0 Å². The van der Waals surface area contributed by atoms with Crippen molar-refractivity contribution in [2.45, 2.75) is 47.0 Å². The molecule has 0 amide bonds. The smallest absolute Gasteiger partial charge is 0.302 e. The fraction of sp³-hybridized carbons (Fsp3) is 0.833. The van der Waals surface area contributed by atoms with Gasteiger partial charge in [-0.25, -0.2) is 0 Å². The number of carbonyl (C=O) groups is 3. The van der Waals surface area contributed by atoms with Gasteiger partial charge in [0.2, 0.25) is 0 Å². The van der Waals surface area contributed by atoms with Gasteiger partial charge in [0.15, 0.2) is 0 Å². The van der Waals surface area contributed by atoms with E-state index in [0.29, 0.717) is 24.9 Å². The highest BCUT2D eigenvalue weighted by Crippen LogP contribution is 2.55. The minimum Gasteiger partial charge on any atom is -0.466 e. The Morgan fingerprint density at radius 2 is 1.65 bits per heavy atom. The number of fused-ring (bicyclic) bond motifs is 1. The number of ketones is 1. The van der Waals surface area contributed by atoms with Crippen LogP contribution in [0.4, 0.5) is 0 Å². The van der Waals surface area contributed by atoms with Gasteiger partial charge in [0, 0.05) is 31.6 Å². The van der Waals surface area contributed by atoms with E-state index in [1.165, 1.54) is 13.8 Å². The molecule has 0 radical (unpaired) electrons. The number of carbonyl (C=O) groups excluding carboxylic acids is 3. The third kappa shape index (κ3) is 3.75. The van der Waals surface area contributed by atoms with E-state index in [0.717, 1.165) is 19.3 Å². The monoisotopic (exact) mass is 324 g/mol. The zero-order valence-electron chi connectivity index (χ0n) is 14.5. The lowest BCUT2D eigenvalue weighted by atomic mass is 9.82. The van der Waals surface area contributed by atoms with E-state index in [-0.39, 0.29) is 41.5 Å². The SMILES string of the molecule is CCC[C@@H]1C(=O)[C@@H]2[C@@H](COC(C)=O)C[C@@H](COC(C)=O)[C@@H]2[C@H]1C. The topological polar surface area (TPSA) is 69.7 Å². The lowest BCUT2D eigenvalue weighted by molar-refractivity contribution is -0.144. The molecular formula is C18H28O5. The molecule has 0 unspecified atom stereocenters. The predicted molar refractivity (Wildman–Crippen MR) is 84.4 cm³/mol. The lowest BCUT2D eigenvalue weighted by Crippen LogP contribution is -2.25. The number of rotatable bonds is 6. The summed E-state index contributed by atoms with van der Waals surface area (Å²) >= 11 is 0. The maximum Gasteiger partial charge on any atom is 0.302 e. The van der Waals surface area contributed by atoms with Crippen LogP contribution in [0.5, 0.6) is 0 Å². The highest BCUT2D eigenvalue weighted by molar-refractivity contribution is 5.87. The van der Waals surface area contributed by atoms with Gasteiger partial charge in [-0.2, -0.15) is 0 Å². The van der Waals surface area contributed by atoms with Gasteiger partial charge in [-0.3, -0.25) is 14.4 Å². The Balaban J connectivity index is 2.16. The van der Waals surface area contributed by atoms with Gasteiger partial charge >= 0.3 is 11.9 Å². The summed E-state index contributed by atoms with van der Waals surface area (Å²) in [6.45, 7) is 7.71. The first-order valence-corrected chi connectivity index (χ1v) is 8.67. The van der Waals surface area contributed by atoms with Crippen LogP contribution in [-0.4, -0.2) is 30.9 Å². The van der Waals surface area contributed by atoms with Crippen molar-refractivity contribution < 1.29 is 23.9 Å². The van der Waals surface area contributed by atoms with Gasteiger partial charge in [-0.05, 0) is 30.6 Å². The van der Waals surface area contributed by atoms with Crippen LogP contribution in [0.3, 0.4) is 0 Å². The van der Waals surface area contributed by atoms with Crippen molar-refractivity contribution >= 4 is 17.7 Å². The van der Waals surface area contributed by atoms with Crippen molar-refractivity contribution in [2.75, 3.05) is 13.2 Å². The molecular weight excluding hydrogens is 296 g/mol. The fourth-order valence-electron chi connectivity index (χ4n) is 4.77. The average Bonchev–Trinajstić information content (AvgIpc) is 2.95. The summed E-state index contributed by atoms with van der Waals surface area (Å²) in [5, 5.41) is 0. The van der Waals surface area contributed by atoms with E-state index in [1.54, 1.807) is 0 Å². The lowest BCUT2D eigenvalue weighted by Gasteiger charge is -2.24. The van der Waals surface area contributed by atoms with Crippen molar-refractivity contribution in [1.82, 2.24) is 0 Å². The summed E-state index contributed by atoms with van der Waals surface area (Å²) in [6.07, 6.45) is 2.68. The molecule has 6 atom stereocenters. The Labute approximate surface area is 138 Å². The Bertz CT molecular complexity index is 472. The zero-order valence-corrected chi connectivity index (χ0v) is 14.5. The van der Waals surface area contributed by atoms with Crippen LogP contribution in [0.25, 0.3) is 0 Å². The van der Waals surface area contributed by atoms with Crippen LogP contribution in [0, 0.1) is 35.5 Å². The first-order chi connectivity index (χ1) is 10.9. The third-order valence-electron chi connectivity index (χ3n) is 5.61. The van der Waals surface area contributed by atoms with E-state index < -0.39 is 0 Å². The van der Waals surface area contributed by atoms with E-state index in [4.69, 9.17) is 9.47 Å². The molecule has 23 heavy (non-hydrogen) atoms. The highest BCUT2D eigenvalue weighted by atomic mass is 16.5. The molecule has 0 aliphatic heterocycles. The summed E-state index contributed by atoms with van der Waals surface area (Å²) in [7, 11) is 0. The summed E-state index contributed by atoms with van der Waals surface area (Å²) < 4.78 is 10.4. The Morgan fingerprint density at radius 1 is 1.09 bits per heavy atom. The van der Waals surface area contributed by atoms with Gasteiger partial charge < -0.3 is 9.47 Å². The molecule has 0 bridgehead atoms. The molecule has 2 aliphatic rings. The molecule has 5 nitrogen and oxygen atoms in total. The molecule has 130 valence electrons. The first kappa shape index (κ1) is 18.0. The first-order valence-electron chi connectivity index (χ1n) is 8.67. The zero-order chi connectivity index (χ0) is 17.1. The van der Waals surface area contributed by atoms with Gasteiger partial charge in [0.1, 0.15) is 5.78 Å². The highest BCUT2D eigenvalue weighted by Gasteiger charge is 2.57. The van der Waals surface area contributed by atoms with Crippen LogP contribution in [0.2, 0.25) is 0 Å². The van der Waals surface area contributed by atoms with Gasteiger partial charge in [-0.1, -0.05) is 20.3 Å². The van der Waals surface area contributed by atoms with Crippen molar-refractivity contribution in [2.24, 2.45) is 35.5 Å². The second-order valence-corrected chi connectivity index (χ2v) is 7.12. The molecule has 0 aromatic heterocycles. The van der Waals surface area contributed by atoms with Gasteiger partial charge in [0.25, 0.3) is 0 Å². The molecule has 0 aromatic carbocycles. The Morgan fingerprint density at radius 3 is 2.17 bits per heavy atom. The van der Waals surface area contributed by atoms with Crippen molar-refractivity contribution in [3.8, 4) is 0 Å². The standard InChI is InChI=1S/C18H28O5/c1-5-6-15-10(2)16-13(8-22-11(3)19)7-14(9-23-12(4)20)17(16)18(15)21/h10,13-17H,5-9H2,1-4H3/t10-,13-,14+,15-,16-,17+/m0/s1. The molecule has 2 saturated carbocycles. The number of esters is 2. The molecule has 2 fully saturated rings. The average molecular weight is 324 g/mol. The molecule has 5 heteroatoms. The summed E-state index contributed by atoms with van der Waals surface area (Å²) in [4.78, 5) is 35.1. The van der Waals surface area contributed by atoms with Crippen LogP contribution in [0.15, 0.2) is 0 Å². The summed E-state index contributed by atoms with van der Waals surface area (Å²) in [5.41, 5.74) is 0. The number of hydrogen-bond acceptors (Lipinski definition) is 5. The van der Waals surface area contributed by atoms with Crippen molar-refractivity contribution in [3.63, 3.8) is 0 Å². The number of hydrogen-bond donors (Lipinski definition) is 0. The largest absolute Gasteiger partial charge is 0.466 e. The molecule has 2 rings (SSSR count). The van der Waals surface area contributed by atoms with E-state index in [9.17, 15) is 14.4 Å². The normalized spacial score (nSPS) is 35.9.